The Bertz CT molecular complexity index is 657. The van der Waals surface area contributed by atoms with Crippen molar-refractivity contribution in [2.45, 2.75) is 32.1 Å². The Balaban J connectivity index is 1.63. The topological polar surface area (TPSA) is 78.3 Å². The number of carbonyl (C=O) groups is 1. The predicted molar refractivity (Wildman–Crippen MR) is 80.5 cm³/mol. The maximum absolute atomic E-state index is 13.8. The number of likely N-dealkylation sites (tertiary alicyclic amines) is 1. The van der Waals surface area contributed by atoms with Crippen molar-refractivity contribution in [3.8, 4) is 0 Å². The summed E-state index contributed by atoms with van der Waals surface area (Å²) in [7, 11) is 1.73. The highest BCUT2D eigenvalue weighted by molar-refractivity contribution is 5.93. The molecule has 0 saturated carbocycles. The number of nitrogens with zero attached hydrogens (tertiary/aromatic N) is 4. The SMILES string of the molecule is Cc1nc(CN2C[C@@H](F)C[C@H]2CN(C)C(=O)c2cc[nH]c2)no1. The van der Waals surface area contributed by atoms with Gasteiger partial charge in [-0.05, 0) is 12.5 Å². The van der Waals surface area contributed by atoms with E-state index in [-0.39, 0.29) is 11.9 Å². The molecule has 0 spiro atoms. The number of aromatic amines is 1. The van der Waals surface area contributed by atoms with Crippen LogP contribution in [0.15, 0.2) is 23.0 Å². The van der Waals surface area contributed by atoms with E-state index < -0.39 is 6.17 Å². The van der Waals surface area contributed by atoms with E-state index in [0.717, 1.165) is 0 Å². The molecule has 0 radical (unpaired) electrons. The smallest absolute Gasteiger partial charge is 0.255 e. The number of amides is 1. The molecule has 3 rings (SSSR count). The zero-order chi connectivity index (χ0) is 16.4. The van der Waals surface area contributed by atoms with Crippen LogP contribution in [0.4, 0.5) is 4.39 Å². The molecule has 23 heavy (non-hydrogen) atoms. The molecule has 0 aromatic carbocycles. The van der Waals surface area contributed by atoms with E-state index >= 15 is 0 Å². The summed E-state index contributed by atoms with van der Waals surface area (Å²) in [4.78, 5) is 22.9. The first kappa shape index (κ1) is 15.7. The molecule has 3 heterocycles. The number of alkyl halides is 1. The zero-order valence-electron chi connectivity index (χ0n) is 13.2. The first-order chi connectivity index (χ1) is 11.0. The first-order valence-corrected chi connectivity index (χ1v) is 7.58. The maximum Gasteiger partial charge on any atom is 0.255 e. The van der Waals surface area contributed by atoms with Crippen LogP contribution in [-0.2, 0) is 6.54 Å². The van der Waals surface area contributed by atoms with Crippen molar-refractivity contribution in [3.63, 3.8) is 0 Å². The van der Waals surface area contributed by atoms with Gasteiger partial charge in [-0.25, -0.2) is 4.39 Å². The molecular formula is C15H20FN5O2. The van der Waals surface area contributed by atoms with Gasteiger partial charge in [0.15, 0.2) is 5.82 Å². The lowest BCUT2D eigenvalue weighted by molar-refractivity contribution is 0.0748. The molecule has 1 saturated heterocycles. The maximum atomic E-state index is 13.8. The van der Waals surface area contributed by atoms with Crippen molar-refractivity contribution in [1.29, 1.82) is 0 Å². The summed E-state index contributed by atoms with van der Waals surface area (Å²) in [5.41, 5.74) is 0.600. The van der Waals surface area contributed by atoms with Gasteiger partial charge in [0.25, 0.3) is 5.91 Å². The minimum atomic E-state index is -0.899. The fourth-order valence-electron chi connectivity index (χ4n) is 2.97. The van der Waals surface area contributed by atoms with Crippen molar-refractivity contribution in [2.24, 2.45) is 0 Å². The summed E-state index contributed by atoms with van der Waals surface area (Å²) in [6.07, 6.45) is 2.87. The number of hydrogen-bond acceptors (Lipinski definition) is 5. The highest BCUT2D eigenvalue weighted by Gasteiger charge is 2.34. The van der Waals surface area contributed by atoms with Gasteiger partial charge in [0.1, 0.15) is 6.17 Å². The third-order valence-electron chi connectivity index (χ3n) is 4.07. The van der Waals surface area contributed by atoms with Gasteiger partial charge in [0.2, 0.25) is 5.89 Å². The lowest BCUT2D eigenvalue weighted by Gasteiger charge is -2.27. The molecule has 7 nitrogen and oxygen atoms in total. The quantitative estimate of drug-likeness (QED) is 0.900. The average molecular weight is 321 g/mol. The third kappa shape index (κ3) is 3.58. The van der Waals surface area contributed by atoms with Crippen LogP contribution in [0.1, 0.15) is 28.5 Å². The second-order valence-electron chi connectivity index (χ2n) is 5.93. The van der Waals surface area contributed by atoms with Crippen LogP contribution in [0.5, 0.6) is 0 Å². The predicted octanol–water partition coefficient (Wildman–Crippen LogP) is 1.39. The first-order valence-electron chi connectivity index (χ1n) is 7.58. The standard InChI is InChI=1S/C15H20FN5O2/c1-10-18-14(19-23-10)9-21-7-12(16)5-13(21)8-20(2)15(22)11-3-4-17-6-11/h3-4,6,12-13,17H,5,7-9H2,1-2H3/t12-,13-/m0/s1. The Labute approximate surface area is 133 Å². The Hall–Kier alpha value is -2.22. The van der Waals surface area contributed by atoms with Crippen LogP contribution in [0.3, 0.4) is 0 Å². The van der Waals surface area contributed by atoms with Crippen LogP contribution in [0.25, 0.3) is 0 Å². The van der Waals surface area contributed by atoms with E-state index in [4.69, 9.17) is 4.52 Å². The highest BCUT2D eigenvalue weighted by atomic mass is 19.1. The third-order valence-corrected chi connectivity index (χ3v) is 4.07. The van der Waals surface area contributed by atoms with Gasteiger partial charge in [-0.2, -0.15) is 4.98 Å². The van der Waals surface area contributed by atoms with Crippen LogP contribution in [0.2, 0.25) is 0 Å². The second-order valence-corrected chi connectivity index (χ2v) is 5.93. The fourth-order valence-corrected chi connectivity index (χ4v) is 2.97. The minimum Gasteiger partial charge on any atom is -0.367 e. The van der Waals surface area contributed by atoms with E-state index in [1.807, 2.05) is 4.90 Å². The minimum absolute atomic E-state index is 0.0586. The van der Waals surface area contributed by atoms with E-state index in [0.29, 0.717) is 43.3 Å². The number of nitrogens with one attached hydrogen (secondary N) is 1. The summed E-state index contributed by atoms with van der Waals surface area (Å²) >= 11 is 0. The number of rotatable bonds is 5. The number of carbonyl (C=O) groups excluding carboxylic acids is 1. The van der Waals surface area contributed by atoms with Crippen molar-refractivity contribution in [3.05, 3.63) is 35.7 Å². The summed E-state index contributed by atoms with van der Waals surface area (Å²) in [6, 6.07) is 1.67. The molecule has 1 amide bonds. The number of aromatic nitrogens is 3. The molecular weight excluding hydrogens is 301 g/mol. The molecule has 2 aromatic heterocycles. The van der Waals surface area contributed by atoms with Gasteiger partial charge in [-0.3, -0.25) is 9.69 Å². The highest BCUT2D eigenvalue weighted by Crippen LogP contribution is 2.23. The van der Waals surface area contributed by atoms with Gasteiger partial charge in [0.05, 0.1) is 12.1 Å². The molecule has 2 atom stereocenters. The van der Waals surface area contributed by atoms with Gasteiger partial charge in [-0.1, -0.05) is 5.16 Å². The molecule has 1 fully saturated rings. The summed E-state index contributed by atoms with van der Waals surface area (Å²) in [5, 5.41) is 3.86. The molecule has 1 N–H and O–H groups in total. The summed E-state index contributed by atoms with van der Waals surface area (Å²) in [6.45, 7) is 2.93. The van der Waals surface area contributed by atoms with E-state index in [1.54, 1.807) is 37.3 Å². The molecule has 1 aliphatic heterocycles. The number of halogens is 1. The lowest BCUT2D eigenvalue weighted by Crippen LogP contribution is -2.41. The number of likely N-dealkylation sites (N-methyl/N-ethyl adjacent to an activating group) is 1. The number of H-pyrrole nitrogens is 1. The Kier molecular flexibility index (Phi) is 4.42. The fraction of sp³-hybridized carbons (Fsp3) is 0.533. The summed E-state index contributed by atoms with van der Waals surface area (Å²) in [5.74, 6) is 0.956. The molecule has 8 heteroatoms. The van der Waals surface area contributed by atoms with Crippen LogP contribution in [-0.4, -0.2) is 63.2 Å². The van der Waals surface area contributed by atoms with Crippen molar-refractivity contribution < 1.29 is 13.7 Å². The van der Waals surface area contributed by atoms with Gasteiger partial charge >= 0.3 is 0 Å². The Morgan fingerprint density at radius 1 is 1.61 bits per heavy atom. The molecule has 0 unspecified atom stereocenters. The number of aryl methyl sites for hydroxylation is 1. The number of hydrogen-bond donors (Lipinski definition) is 1. The molecule has 124 valence electrons. The van der Waals surface area contributed by atoms with Gasteiger partial charge in [0, 0.05) is 45.5 Å². The lowest BCUT2D eigenvalue weighted by atomic mass is 10.2. The molecule has 0 bridgehead atoms. The van der Waals surface area contributed by atoms with Crippen LogP contribution in [0, 0.1) is 6.92 Å². The average Bonchev–Trinajstić information content (AvgIpc) is 3.22. The van der Waals surface area contributed by atoms with E-state index in [2.05, 4.69) is 15.1 Å². The Morgan fingerprint density at radius 3 is 3.09 bits per heavy atom. The van der Waals surface area contributed by atoms with Crippen molar-refractivity contribution in [1.82, 2.24) is 24.9 Å². The monoisotopic (exact) mass is 321 g/mol. The van der Waals surface area contributed by atoms with E-state index in [1.165, 1.54) is 0 Å². The van der Waals surface area contributed by atoms with E-state index in [9.17, 15) is 9.18 Å². The zero-order valence-corrected chi connectivity index (χ0v) is 13.2. The molecule has 1 aliphatic rings. The summed E-state index contributed by atoms with van der Waals surface area (Å²) < 4.78 is 18.8. The molecule has 2 aromatic rings. The van der Waals surface area contributed by atoms with Crippen LogP contribution >= 0.6 is 0 Å². The van der Waals surface area contributed by atoms with Gasteiger partial charge < -0.3 is 14.4 Å². The van der Waals surface area contributed by atoms with Gasteiger partial charge in [-0.15, -0.1) is 0 Å². The van der Waals surface area contributed by atoms with Crippen LogP contribution < -0.4 is 0 Å². The largest absolute Gasteiger partial charge is 0.367 e. The normalized spacial score (nSPS) is 21.7. The molecule has 0 aliphatic carbocycles. The van der Waals surface area contributed by atoms with Crippen molar-refractivity contribution in [2.75, 3.05) is 20.1 Å². The van der Waals surface area contributed by atoms with Crippen molar-refractivity contribution >= 4 is 5.91 Å². The second kappa shape index (κ2) is 6.49. The Morgan fingerprint density at radius 2 is 2.43 bits per heavy atom.